The minimum Gasteiger partial charge on any atom is -0.496 e. The minimum atomic E-state index is -0.305. The molecule has 2 amide bonds. The number of thioether (sulfide) groups is 1. The standard InChI is InChI=1S/C21H21NO4S/c1-14-8-9-15(2)18(12-14)26-11-10-22-20(23)19(27-21(22)24)13-16-6-4-5-7-17(16)25-3/h4-9,12-13H,10-11H2,1-3H3/b19-13-. The number of para-hydroxylation sites is 1. The number of methoxy groups -OCH3 is 1. The maximum absolute atomic E-state index is 12.6. The van der Waals surface area contributed by atoms with Gasteiger partial charge in [-0.05, 0) is 54.9 Å². The molecule has 0 saturated carbocycles. The lowest BCUT2D eigenvalue weighted by Gasteiger charge is -2.14. The largest absolute Gasteiger partial charge is 0.496 e. The van der Waals surface area contributed by atoms with E-state index < -0.39 is 0 Å². The van der Waals surface area contributed by atoms with Crippen LogP contribution in [-0.2, 0) is 4.79 Å². The predicted molar refractivity (Wildman–Crippen MR) is 107 cm³/mol. The molecule has 0 atom stereocenters. The summed E-state index contributed by atoms with van der Waals surface area (Å²) in [6, 6.07) is 13.3. The molecule has 3 rings (SSSR count). The number of nitrogens with zero attached hydrogens (tertiary/aromatic N) is 1. The van der Waals surface area contributed by atoms with Gasteiger partial charge in [-0.2, -0.15) is 0 Å². The Morgan fingerprint density at radius 3 is 2.63 bits per heavy atom. The van der Waals surface area contributed by atoms with Crippen molar-refractivity contribution in [1.29, 1.82) is 0 Å². The van der Waals surface area contributed by atoms with Crippen molar-refractivity contribution in [3.8, 4) is 11.5 Å². The van der Waals surface area contributed by atoms with Crippen LogP contribution in [0.15, 0.2) is 47.4 Å². The third-order valence-corrected chi connectivity index (χ3v) is 5.12. The lowest BCUT2D eigenvalue weighted by atomic mass is 10.1. The number of carbonyl (C=O) groups excluding carboxylic acids is 2. The zero-order valence-electron chi connectivity index (χ0n) is 15.5. The summed E-state index contributed by atoms with van der Waals surface area (Å²) in [5.41, 5.74) is 2.88. The Hall–Kier alpha value is -2.73. The van der Waals surface area contributed by atoms with Gasteiger partial charge >= 0.3 is 0 Å². The van der Waals surface area contributed by atoms with E-state index >= 15 is 0 Å². The Balaban J connectivity index is 1.67. The molecule has 6 heteroatoms. The first-order chi connectivity index (χ1) is 13.0. The van der Waals surface area contributed by atoms with Crippen LogP contribution in [0.1, 0.15) is 16.7 Å². The summed E-state index contributed by atoms with van der Waals surface area (Å²) in [7, 11) is 1.57. The number of aryl methyl sites for hydroxylation is 2. The van der Waals surface area contributed by atoms with Crippen LogP contribution in [0.25, 0.3) is 6.08 Å². The highest BCUT2D eigenvalue weighted by Crippen LogP contribution is 2.33. The van der Waals surface area contributed by atoms with Crippen LogP contribution in [0.4, 0.5) is 4.79 Å². The second-order valence-corrected chi connectivity index (χ2v) is 7.19. The molecule has 27 heavy (non-hydrogen) atoms. The van der Waals surface area contributed by atoms with Crippen LogP contribution in [0, 0.1) is 13.8 Å². The zero-order chi connectivity index (χ0) is 19.4. The monoisotopic (exact) mass is 383 g/mol. The van der Waals surface area contributed by atoms with Gasteiger partial charge in [0.05, 0.1) is 18.6 Å². The first kappa shape index (κ1) is 19.0. The molecule has 1 aliphatic rings. The number of imide groups is 1. The maximum atomic E-state index is 12.6. The Morgan fingerprint density at radius 2 is 1.85 bits per heavy atom. The van der Waals surface area contributed by atoms with E-state index in [2.05, 4.69) is 0 Å². The summed E-state index contributed by atoms with van der Waals surface area (Å²) in [4.78, 5) is 26.5. The van der Waals surface area contributed by atoms with Gasteiger partial charge in [-0.1, -0.05) is 30.3 Å². The molecule has 0 unspecified atom stereocenters. The molecule has 5 nitrogen and oxygen atoms in total. The van der Waals surface area contributed by atoms with Gasteiger partial charge in [0.1, 0.15) is 18.1 Å². The van der Waals surface area contributed by atoms with Gasteiger partial charge in [0, 0.05) is 5.56 Å². The number of benzene rings is 2. The van der Waals surface area contributed by atoms with Crippen molar-refractivity contribution in [2.75, 3.05) is 20.3 Å². The SMILES string of the molecule is COc1ccccc1/C=C1\SC(=O)N(CCOc2cc(C)ccc2C)C1=O. The molecule has 0 bridgehead atoms. The van der Waals surface area contributed by atoms with Crippen molar-refractivity contribution >= 4 is 29.0 Å². The van der Waals surface area contributed by atoms with Crippen molar-refractivity contribution in [3.63, 3.8) is 0 Å². The highest BCUT2D eigenvalue weighted by molar-refractivity contribution is 8.18. The second-order valence-electron chi connectivity index (χ2n) is 6.19. The van der Waals surface area contributed by atoms with Crippen LogP contribution in [0.3, 0.4) is 0 Å². The molecule has 2 aromatic rings. The van der Waals surface area contributed by atoms with E-state index in [1.54, 1.807) is 13.2 Å². The summed E-state index contributed by atoms with van der Waals surface area (Å²) in [5, 5.41) is -0.286. The van der Waals surface area contributed by atoms with Gasteiger partial charge in [-0.3, -0.25) is 14.5 Å². The quantitative estimate of drug-likeness (QED) is 0.691. The normalized spacial score (nSPS) is 15.5. The summed E-state index contributed by atoms with van der Waals surface area (Å²) in [6.07, 6.45) is 1.69. The van der Waals surface area contributed by atoms with E-state index in [4.69, 9.17) is 9.47 Å². The van der Waals surface area contributed by atoms with Crippen LogP contribution < -0.4 is 9.47 Å². The average Bonchev–Trinajstić information content (AvgIpc) is 2.92. The molecule has 0 spiro atoms. The number of amides is 2. The zero-order valence-corrected chi connectivity index (χ0v) is 16.3. The van der Waals surface area contributed by atoms with E-state index in [0.29, 0.717) is 10.7 Å². The number of ether oxygens (including phenoxy) is 2. The van der Waals surface area contributed by atoms with Crippen LogP contribution in [-0.4, -0.2) is 36.3 Å². The summed E-state index contributed by atoms with van der Waals surface area (Å²) in [5.74, 6) is 1.12. The van der Waals surface area contributed by atoms with E-state index in [1.165, 1.54) is 4.90 Å². The molecular formula is C21H21NO4S. The van der Waals surface area contributed by atoms with Gasteiger partial charge in [0.2, 0.25) is 0 Å². The number of carbonyl (C=O) groups is 2. The lowest BCUT2D eigenvalue weighted by molar-refractivity contribution is -0.123. The summed E-state index contributed by atoms with van der Waals surface area (Å²) < 4.78 is 11.1. The third kappa shape index (κ3) is 4.34. The molecule has 0 N–H and O–H groups in total. The molecule has 0 radical (unpaired) electrons. The molecule has 1 fully saturated rings. The summed E-state index contributed by atoms with van der Waals surface area (Å²) in [6.45, 7) is 4.42. The van der Waals surface area contributed by atoms with Gasteiger partial charge in [0.15, 0.2) is 0 Å². The molecule has 1 saturated heterocycles. The molecule has 2 aromatic carbocycles. The summed E-state index contributed by atoms with van der Waals surface area (Å²) >= 11 is 0.935. The van der Waals surface area contributed by atoms with Crippen LogP contribution >= 0.6 is 11.8 Å². The van der Waals surface area contributed by atoms with Crippen molar-refractivity contribution in [2.45, 2.75) is 13.8 Å². The topological polar surface area (TPSA) is 55.8 Å². The number of hydrogen-bond acceptors (Lipinski definition) is 5. The van der Waals surface area contributed by atoms with Crippen molar-refractivity contribution in [3.05, 3.63) is 64.1 Å². The highest BCUT2D eigenvalue weighted by atomic mass is 32.2. The Bertz CT molecular complexity index is 907. The molecular weight excluding hydrogens is 362 g/mol. The average molecular weight is 383 g/mol. The van der Waals surface area contributed by atoms with E-state index in [-0.39, 0.29) is 24.3 Å². The van der Waals surface area contributed by atoms with Crippen LogP contribution in [0.2, 0.25) is 0 Å². The van der Waals surface area contributed by atoms with Gasteiger partial charge in [-0.15, -0.1) is 0 Å². The Labute approximate surface area is 163 Å². The molecule has 1 heterocycles. The fourth-order valence-corrected chi connectivity index (χ4v) is 3.59. The van der Waals surface area contributed by atoms with Crippen molar-refractivity contribution in [2.24, 2.45) is 0 Å². The molecule has 0 aliphatic carbocycles. The lowest BCUT2D eigenvalue weighted by Crippen LogP contribution is -2.32. The fraction of sp³-hybridized carbons (Fsp3) is 0.238. The molecule has 1 aliphatic heterocycles. The van der Waals surface area contributed by atoms with Gasteiger partial charge in [0.25, 0.3) is 11.1 Å². The Morgan fingerprint density at radius 1 is 1.07 bits per heavy atom. The van der Waals surface area contributed by atoms with Crippen LogP contribution in [0.5, 0.6) is 11.5 Å². The Kier molecular flexibility index (Phi) is 5.86. The highest BCUT2D eigenvalue weighted by Gasteiger charge is 2.35. The number of rotatable bonds is 6. The predicted octanol–water partition coefficient (Wildman–Crippen LogP) is 4.43. The first-order valence-electron chi connectivity index (χ1n) is 8.58. The van der Waals surface area contributed by atoms with Gasteiger partial charge < -0.3 is 9.47 Å². The molecule has 0 aromatic heterocycles. The van der Waals surface area contributed by atoms with Crippen molar-refractivity contribution < 1.29 is 19.1 Å². The van der Waals surface area contributed by atoms with E-state index in [9.17, 15) is 9.59 Å². The smallest absolute Gasteiger partial charge is 0.293 e. The van der Waals surface area contributed by atoms with Gasteiger partial charge in [-0.25, -0.2) is 0 Å². The molecule has 140 valence electrons. The minimum absolute atomic E-state index is 0.210. The number of hydrogen-bond donors (Lipinski definition) is 0. The second kappa shape index (κ2) is 8.31. The first-order valence-corrected chi connectivity index (χ1v) is 9.39. The van der Waals surface area contributed by atoms with Crippen molar-refractivity contribution in [1.82, 2.24) is 4.90 Å². The fourth-order valence-electron chi connectivity index (χ4n) is 2.73. The van der Waals surface area contributed by atoms with E-state index in [1.807, 2.05) is 56.3 Å². The maximum Gasteiger partial charge on any atom is 0.293 e. The van der Waals surface area contributed by atoms with E-state index in [0.717, 1.165) is 34.2 Å². The third-order valence-electron chi connectivity index (χ3n) is 4.22.